The molecule has 0 amide bonds. The molecule has 1 aliphatic heterocycles. The SMILES string of the molecule is OC[C@@H]1C[C@H](O)C(O)[C@@H](c2cccc(CCCc3ccccc3)c2)O1. The van der Waals surface area contributed by atoms with Gasteiger partial charge in [0.25, 0.3) is 0 Å². The highest BCUT2D eigenvalue weighted by Crippen LogP contribution is 2.32. The van der Waals surface area contributed by atoms with Crippen LogP contribution in [0.15, 0.2) is 54.6 Å². The van der Waals surface area contributed by atoms with Crippen molar-refractivity contribution in [3.63, 3.8) is 0 Å². The average Bonchev–Trinajstić information content (AvgIpc) is 2.65. The van der Waals surface area contributed by atoms with Gasteiger partial charge in [0.1, 0.15) is 12.2 Å². The van der Waals surface area contributed by atoms with Crippen LogP contribution in [0, 0.1) is 0 Å². The van der Waals surface area contributed by atoms with Crippen LogP contribution < -0.4 is 0 Å². The van der Waals surface area contributed by atoms with Crippen LogP contribution in [0.1, 0.15) is 35.6 Å². The predicted octanol–water partition coefficient (Wildman–Crippen LogP) is 2.41. The third-order valence-electron chi connectivity index (χ3n) is 4.80. The van der Waals surface area contributed by atoms with Crippen molar-refractivity contribution < 1.29 is 20.1 Å². The Balaban J connectivity index is 1.64. The minimum Gasteiger partial charge on any atom is -0.394 e. The first-order chi connectivity index (χ1) is 12.2. The van der Waals surface area contributed by atoms with E-state index in [2.05, 4.69) is 30.3 Å². The van der Waals surface area contributed by atoms with E-state index in [9.17, 15) is 15.3 Å². The van der Waals surface area contributed by atoms with E-state index < -0.39 is 24.4 Å². The van der Waals surface area contributed by atoms with Gasteiger partial charge in [0.05, 0.1) is 18.8 Å². The first-order valence-electron chi connectivity index (χ1n) is 8.92. The third kappa shape index (κ3) is 4.67. The van der Waals surface area contributed by atoms with Crippen molar-refractivity contribution in [3.05, 3.63) is 71.3 Å². The number of rotatable bonds is 6. The van der Waals surface area contributed by atoms with Gasteiger partial charge in [-0.2, -0.15) is 0 Å². The molecule has 1 aliphatic rings. The molecule has 1 heterocycles. The van der Waals surface area contributed by atoms with Gasteiger partial charge in [-0.25, -0.2) is 0 Å². The normalized spacial score (nSPS) is 26.5. The van der Waals surface area contributed by atoms with Crippen LogP contribution in [0.25, 0.3) is 0 Å². The zero-order valence-electron chi connectivity index (χ0n) is 14.3. The summed E-state index contributed by atoms with van der Waals surface area (Å²) < 4.78 is 5.77. The van der Waals surface area contributed by atoms with Crippen molar-refractivity contribution in [2.75, 3.05) is 6.61 Å². The van der Waals surface area contributed by atoms with E-state index in [-0.39, 0.29) is 13.0 Å². The van der Waals surface area contributed by atoms with Crippen molar-refractivity contribution in [3.8, 4) is 0 Å². The molecule has 2 aromatic rings. The van der Waals surface area contributed by atoms with E-state index in [1.165, 1.54) is 11.1 Å². The molecule has 0 spiro atoms. The molecular weight excluding hydrogens is 316 g/mol. The summed E-state index contributed by atoms with van der Waals surface area (Å²) >= 11 is 0. The lowest BCUT2D eigenvalue weighted by Gasteiger charge is -2.37. The molecule has 1 saturated heterocycles. The fourth-order valence-corrected chi connectivity index (χ4v) is 3.41. The van der Waals surface area contributed by atoms with Crippen molar-refractivity contribution in [1.29, 1.82) is 0 Å². The number of ether oxygens (including phenoxy) is 1. The summed E-state index contributed by atoms with van der Waals surface area (Å²) in [7, 11) is 0. The van der Waals surface area contributed by atoms with Crippen molar-refractivity contribution in [2.45, 2.75) is 50.1 Å². The van der Waals surface area contributed by atoms with Gasteiger partial charge in [0, 0.05) is 6.42 Å². The molecule has 4 atom stereocenters. The van der Waals surface area contributed by atoms with Crippen LogP contribution in [-0.4, -0.2) is 40.2 Å². The third-order valence-corrected chi connectivity index (χ3v) is 4.80. The van der Waals surface area contributed by atoms with Crippen molar-refractivity contribution in [1.82, 2.24) is 0 Å². The highest BCUT2D eigenvalue weighted by atomic mass is 16.5. The minimum absolute atomic E-state index is 0.156. The van der Waals surface area contributed by atoms with Crippen LogP contribution in [-0.2, 0) is 17.6 Å². The van der Waals surface area contributed by atoms with E-state index in [1.807, 2.05) is 24.3 Å². The highest BCUT2D eigenvalue weighted by molar-refractivity contribution is 5.27. The van der Waals surface area contributed by atoms with Gasteiger partial charge in [0.2, 0.25) is 0 Å². The summed E-state index contributed by atoms with van der Waals surface area (Å²) in [6.07, 6.45) is 0.380. The van der Waals surface area contributed by atoms with Crippen LogP contribution in [0.4, 0.5) is 0 Å². The maximum Gasteiger partial charge on any atom is 0.111 e. The van der Waals surface area contributed by atoms with Crippen LogP contribution in [0.2, 0.25) is 0 Å². The Morgan fingerprint density at radius 3 is 2.40 bits per heavy atom. The second kappa shape index (κ2) is 8.59. The summed E-state index contributed by atoms with van der Waals surface area (Å²) in [5.74, 6) is 0. The predicted molar refractivity (Wildman–Crippen MR) is 96.2 cm³/mol. The molecular formula is C21H26O4. The van der Waals surface area contributed by atoms with Gasteiger partial charge in [-0.15, -0.1) is 0 Å². The maximum absolute atomic E-state index is 10.3. The number of aryl methyl sites for hydroxylation is 2. The Kier molecular flexibility index (Phi) is 6.21. The van der Waals surface area contributed by atoms with Crippen molar-refractivity contribution >= 4 is 0 Å². The Bertz CT molecular complexity index is 658. The number of hydrogen-bond acceptors (Lipinski definition) is 4. The molecule has 0 aromatic heterocycles. The lowest BCUT2D eigenvalue weighted by atomic mass is 9.92. The molecule has 0 aliphatic carbocycles. The Labute approximate surface area is 148 Å². The largest absolute Gasteiger partial charge is 0.394 e. The first kappa shape index (κ1) is 18.1. The summed E-state index contributed by atoms with van der Waals surface area (Å²) in [4.78, 5) is 0. The van der Waals surface area contributed by atoms with Gasteiger partial charge >= 0.3 is 0 Å². The molecule has 4 heteroatoms. The standard InChI is InChI=1S/C21H26O4/c22-14-18-13-19(23)20(24)21(25-18)17-11-5-10-16(12-17)9-4-8-15-6-2-1-3-7-15/h1-3,5-7,10-12,18-24H,4,8-9,13-14H2/t18-,19-,20?,21+/m0/s1. The zero-order valence-corrected chi connectivity index (χ0v) is 14.3. The molecule has 0 radical (unpaired) electrons. The lowest BCUT2D eigenvalue weighted by Crippen LogP contribution is -2.44. The molecule has 3 rings (SSSR count). The summed E-state index contributed by atoms with van der Waals surface area (Å²) in [6, 6.07) is 18.4. The Morgan fingerprint density at radius 2 is 1.64 bits per heavy atom. The van der Waals surface area contributed by atoms with E-state index >= 15 is 0 Å². The topological polar surface area (TPSA) is 69.9 Å². The van der Waals surface area contributed by atoms with Crippen molar-refractivity contribution in [2.24, 2.45) is 0 Å². The number of aliphatic hydroxyl groups is 3. The minimum atomic E-state index is -0.970. The van der Waals surface area contributed by atoms with Crippen LogP contribution >= 0.6 is 0 Å². The quantitative estimate of drug-likeness (QED) is 0.754. The fraction of sp³-hybridized carbons (Fsp3) is 0.429. The van der Waals surface area contributed by atoms with Crippen LogP contribution in [0.5, 0.6) is 0 Å². The summed E-state index contributed by atoms with van der Waals surface area (Å²) in [6.45, 7) is -0.156. The molecule has 25 heavy (non-hydrogen) atoms. The highest BCUT2D eigenvalue weighted by Gasteiger charge is 2.37. The fourth-order valence-electron chi connectivity index (χ4n) is 3.41. The molecule has 1 fully saturated rings. The summed E-state index contributed by atoms with van der Waals surface area (Å²) in [5, 5.41) is 29.6. The lowest BCUT2D eigenvalue weighted by molar-refractivity contribution is -0.179. The Hall–Kier alpha value is -1.72. The molecule has 134 valence electrons. The van der Waals surface area contributed by atoms with Gasteiger partial charge in [-0.3, -0.25) is 0 Å². The molecule has 0 saturated carbocycles. The van der Waals surface area contributed by atoms with E-state index in [0.29, 0.717) is 0 Å². The summed E-state index contributed by atoms with van der Waals surface area (Å²) in [5.41, 5.74) is 3.37. The smallest absolute Gasteiger partial charge is 0.111 e. The van der Waals surface area contributed by atoms with Gasteiger partial charge in [0.15, 0.2) is 0 Å². The first-order valence-corrected chi connectivity index (χ1v) is 8.92. The number of hydrogen-bond donors (Lipinski definition) is 3. The molecule has 0 bridgehead atoms. The monoisotopic (exact) mass is 342 g/mol. The average molecular weight is 342 g/mol. The number of aliphatic hydroxyl groups excluding tert-OH is 3. The second-order valence-corrected chi connectivity index (χ2v) is 6.74. The van der Waals surface area contributed by atoms with E-state index in [0.717, 1.165) is 24.8 Å². The second-order valence-electron chi connectivity index (χ2n) is 6.74. The maximum atomic E-state index is 10.3. The van der Waals surface area contributed by atoms with E-state index in [4.69, 9.17) is 4.74 Å². The van der Waals surface area contributed by atoms with E-state index in [1.54, 1.807) is 0 Å². The molecule has 4 nitrogen and oxygen atoms in total. The van der Waals surface area contributed by atoms with Gasteiger partial charge in [-0.05, 0) is 36.0 Å². The molecule has 3 N–H and O–H groups in total. The van der Waals surface area contributed by atoms with Gasteiger partial charge < -0.3 is 20.1 Å². The zero-order chi connectivity index (χ0) is 17.6. The molecule has 2 aromatic carbocycles. The molecule has 1 unspecified atom stereocenters. The van der Waals surface area contributed by atoms with Crippen LogP contribution in [0.3, 0.4) is 0 Å². The Morgan fingerprint density at radius 1 is 0.920 bits per heavy atom. The number of benzene rings is 2. The van der Waals surface area contributed by atoms with Gasteiger partial charge in [-0.1, -0.05) is 54.6 Å².